The maximum Gasteiger partial charge on any atom is 0.394 e. The summed E-state index contributed by atoms with van der Waals surface area (Å²) >= 11 is 0.931. The van der Waals surface area contributed by atoms with Gasteiger partial charge in [-0.25, -0.2) is 4.79 Å². The first-order valence-corrected chi connectivity index (χ1v) is 6.45. The molecule has 1 aliphatic rings. The predicted molar refractivity (Wildman–Crippen MR) is 64.6 cm³/mol. The van der Waals surface area contributed by atoms with Gasteiger partial charge < -0.3 is 10.8 Å². The minimum atomic E-state index is -4.43. The van der Waals surface area contributed by atoms with Crippen molar-refractivity contribution in [3.63, 3.8) is 0 Å². The van der Waals surface area contributed by atoms with Gasteiger partial charge in [0.05, 0.1) is 17.9 Å². The Morgan fingerprint density at radius 2 is 2.26 bits per heavy atom. The highest BCUT2D eigenvalue weighted by Crippen LogP contribution is 2.51. The monoisotopic (exact) mass is 295 g/mol. The molecule has 0 unspecified atom stereocenters. The van der Waals surface area contributed by atoms with Gasteiger partial charge in [0.2, 0.25) is 0 Å². The Morgan fingerprint density at radius 3 is 2.79 bits per heavy atom. The molecular weight excluding hydrogens is 283 g/mol. The summed E-state index contributed by atoms with van der Waals surface area (Å²) in [7, 11) is 0. The summed E-state index contributed by atoms with van der Waals surface area (Å²) in [6.45, 7) is -0.356. The summed E-state index contributed by atoms with van der Waals surface area (Å²) in [5, 5.41) is 7.36. The lowest BCUT2D eigenvalue weighted by atomic mass is 10.0. The fourth-order valence-electron chi connectivity index (χ4n) is 2.04. The molecule has 1 aromatic rings. The Bertz CT molecular complexity index is 519. The Labute approximate surface area is 110 Å². The second-order valence-electron chi connectivity index (χ2n) is 4.26. The third kappa shape index (κ3) is 2.86. The van der Waals surface area contributed by atoms with E-state index in [4.69, 9.17) is 10.8 Å². The van der Waals surface area contributed by atoms with Crippen LogP contribution in [0.5, 0.6) is 0 Å². The van der Waals surface area contributed by atoms with Crippen LogP contribution in [0.4, 0.5) is 19.0 Å². The van der Waals surface area contributed by atoms with Gasteiger partial charge in [-0.05, 0) is 12.5 Å². The average Bonchev–Trinajstić information content (AvgIpc) is 2.72. The van der Waals surface area contributed by atoms with Crippen LogP contribution in [0, 0.1) is 5.92 Å². The third-order valence-electron chi connectivity index (χ3n) is 2.94. The van der Waals surface area contributed by atoms with E-state index >= 15 is 0 Å². The van der Waals surface area contributed by atoms with Crippen molar-refractivity contribution in [2.45, 2.75) is 23.2 Å². The van der Waals surface area contributed by atoms with E-state index in [2.05, 4.69) is 4.98 Å². The Morgan fingerprint density at radius 1 is 1.58 bits per heavy atom. The van der Waals surface area contributed by atoms with E-state index in [1.54, 1.807) is 0 Å². The van der Waals surface area contributed by atoms with Crippen LogP contribution in [0.2, 0.25) is 0 Å². The van der Waals surface area contributed by atoms with E-state index in [1.165, 1.54) is 12.3 Å². The number of nitrogen functional groups attached to an aromatic ring is 1. The first kappa shape index (κ1) is 14.2. The molecule has 1 aliphatic heterocycles. The molecule has 3 N–H and O–H groups in total. The SMILES string of the molecule is Nc1ccn([C@H]2S[C@@H](CO)C[C@H]2C(F)(F)F)c(=O)n1. The summed E-state index contributed by atoms with van der Waals surface area (Å²) in [5.74, 6) is -1.72. The van der Waals surface area contributed by atoms with Gasteiger partial charge in [0.25, 0.3) is 0 Å². The fourth-order valence-corrected chi connectivity index (χ4v) is 3.58. The van der Waals surface area contributed by atoms with Crippen LogP contribution in [-0.4, -0.2) is 32.7 Å². The molecular formula is C10H12F3N3O2S. The smallest absolute Gasteiger partial charge is 0.394 e. The standard InChI is InChI=1S/C10H12F3N3O2S/c11-10(12,13)6-3-5(4-17)19-8(6)16-2-1-7(14)15-9(16)18/h1-2,5-6,8,17H,3-4H2,(H2,14,15,18)/t5-,6-,8+/m1/s1. The Kier molecular flexibility index (Phi) is 3.77. The van der Waals surface area contributed by atoms with Gasteiger partial charge in [0.15, 0.2) is 0 Å². The van der Waals surface area contributed by atoms with Gasteiger partial charge >= 0.3 is 11.9 Å². The van der Waals surface area contributed by atoms with Crippen LogP contribution >= 0.6 is 11.8 Å². The number of aromatic nitrogens is 2. The maximum absolute atomic E-state index is 13.0. The highest BCUT2D eigenvalue weighted by atomic mass is 32.2. The van der Waals surface area contributed by atoms with Gasteiger partial charge in [-0.2, -0.15) is 18.2 Å². The molecule has 2 rings (SSSR count). The first-order valence-electron chi connectivity index (χ1n) is 5.50. The molecule has 9 heteroatoms. The second kappa shape index (κ2) is 5.04. The second-order valence-corrected chi connectivity index (χ2v) is 5.68. The third-order valence-corrected chi connectivity index (χ3v) is 4.50. The van der Waals surface area contributed by atoms with E-state index in [9.17, 15) is 18.0 Å². The lowest BCUT2D eigenvalue weighted by Crippen LogP contribution is -2.33. The molecule has 0 aromatic carbocycles. The predicted octanol–water partition coefficient (Wildman–Crippen LogP) is 1.00. The number of anilines is 1. The van der Waals surface area contributed by atoms with Crippen LogP contribution in [0.25, 0.3) is 0 Å². The quantitative estimate of drug-likeness (QED) is 0.850. The van der Waals surface area contributed by atoms with E-state index < -0.39 is 28.4 Å². The zero-order valence-corrected chi connectivity index (χ0v) is 10.5. The van der Waals surface area contributed by atoms with Gasteiger partial charge in [0, 0.05) is 11.4 Å². The van der Waals surface area contributed by atoms with E-state index in [-0.39, 0.29) is 18.8 Å². The average molecular weight is 295 g/mol. The summed E-state index contributed by atoms with van der Waals surface area (Å²) in [6.07, 6.45) is -3.44. The molecule has 0 amide bonds. The van der Waals surface area contributed by atoms with Crippen LogP contribution in [0.15, 0.2) is 17.1 Å². The molecule has 0 radical (unpaired) electrons. The number of nitrogens with zero attached hydrogens (tertiary/aromatic N) is 2. The number of hydrogen-bond donors (Lipinski definition) is 2. The maximum atomic E-state index is 13.0. The zero-order valence-electron chi connectivity index (χ0n) is 9.67. The van der Waals surface area contributed by atoms with Crippen LogP contribution < -0.4 is 11.4 Å². The minimum absolute atomic E-state index is 0.0356. The molecule has 3 atom stereocenters. The van der Waals surface area contributed by atoms with Gasteiger partial charge in [-0.3, -0.25) is 4.57 Å². The van der Waals surface area contributed by atoms with E-state index in [1.807, 2.05) is 0 Å². The molecule has 0 aliphatic carbocycles. The van der Waals surface area contributed by atoms with Crippen molar-refractivity contribution in [1.29, 1.82) is 0 Å². The molecule has 1 fully saturated rings. The largest absolute Gasteiger partial charge is 0.395 e. The molecule has 106 valence electrons. The molecule has 1 saturated heterocycles. The van der Waals surface area contributed by atoms with Gasteiger partial charge in [-0.1, -0.05) is 0 Å². The van der Waals surface area contributed by atoms with E-state index in [0.29, 0.717) is 0 Å². The number of aliphatic hydroxyl groups excluding tert-OH is 1. The first-order chi connectivity index (χ1) is 8.82. The van der Waals surface area contributed by atoms with Gasteiger partial charge in [0.1, 0.15) is 5.82 Å². The molecule has 5 nitrogen and oxygen atoms in total. The number of alkyl halides is 3. The molecule has 0 bridgehead atoms. The Balaban J connectivity index is 2.38. The van der Waals surface area contributed by atoms with Gasteiger partial charge in [-0.15, -0.1) is 11.8 Å². The lowest BCUT2D eigenvalue weighted by Gasteiger charge is -2.22. The molecule has 2 heterocycles. The van der Waals surface area contributed by atoms with Crippen molar-refractivity contribution >= 4 is 17.6 Å². The topological polar surface area (TPSA) is 81.1 Å². The van der Waals surface area contributed by atoms with Crippen molar-refractivity contribution in [2.24, 2.45) is 5.92 Å². The van der Waals surface area contributed by atoms with Crippen LogP contribution in [0.1, 0.15) is 11.8 Å². The summed E-state index contributed by atoms with van der Waals surface area (Å²) in [4.78, 5) is 15.1. The molecule has 0 saturated carbocycles. The van der Waals surface area contributed by atoms with Crippen molar-refractivity contribution in [2.75, 3.05) is 12.3 Å². The van der Waals surface area contributed by atoms with Crippen molar-refractivity contribution in [1.82, 2.24) is 9.55 Å². The van der Waals surface area contributed by atoms with Crippen LogP contribution in [0.3, 0.4) is 0 Å². The lowest BCUT2D eigenvalue weighted by molar-refractivity contribution is -0.178. The molecule has 19 heavy (non-hydrogen) atoms. The molecule has 1 aromatic heterocycles. The zero-order chi connectivity index (χ0) is 14.2. The van der Waals surface area contributed by atoms with Crippen molar-refractivity contribution in [3.8, 4) is 0 Å². The number of halogens is 3. The number of thioether (sulfide) groups is 1. The highest BCUT2D eigenvalue weighted by Gasteiger charge is 2.51. The molecule has 0 spiro atoms. The number of hydrogen-bond acceptors (Lipinski definition) is 5. The summed E-state index contributed by atoms with van der Waals surface area (Å²) < 4.78 is 39.8. The number of rotatable bonds is 2. The fraction of sp³-hybridized carbons (Fsp3) is 0.600. The van der Waals surface area contributed by atoms with Crippen molar-refractivity contribution in [3.05, 3.63) is 22.7 Å². The summed E-state index contributed by atoms with van der Waals surface area (Å²) in [5.41, 5.74) is 4.49. The van der Waals surface area contributed by atoms with Crippen LogP contribution in [-0.2, 0) is 0 Å². The van der Waals surface area contributed by atoms with E-state index in [0.717, 1.165) is 16.3 Å². The number of aliphatic hydroxyl groups is 1. The summed E-state index contributed by atoms with van der Waals surface area (Å²) in [6, 6.07) is 1.28. The minimum Gasteiger partial charge on any atom is -0.395 e. The number of nitrogens with two attached hydrogens (primary N) is 1. The Hall–Kier alpha value is -1.22. The normalized spacial score (nSPS) is 27.7. The van der Waals surface area contributed by atoms with Crippen molar-refractivity contribution < 1.29 is 18.3 Å². The highest BCUT2D eigenvalue weighted by molar-refractivity contribution is 8.00.